The summed E-state index contributed by atoms with van der Waals surface area (Å²) in [6.45, 7) is 5.93. The average Bonchev–Trinajstić information content (AvgIpc) is 2.85. The molecule has 0 bridgehead atoms. The number of ketones is 2. The maximum absolute atomic E-state index is 12.3. The molecular formula is C29H28O5. The fraction of sp³-hybridized carbons (Fsp3) is 0.207. The first-order chi connectivity index (χ1) is 16.2. The van der Waals surface area contributed by atoms with Gasteiger partial charge in [-0.05, 0) is 48.0 Å². The van der Waals surface area contributed by atoms with Crippen LogP contribution in [0.25, 0.3) is 6.08 Å². The molecule has 0 saturated heterocycles. The summed E-state index contributed by atoms with van der Waals surface area (Å²) in [5.74, 6) is 0.130. The van der Waals surface area contributed by atoms with Crippen LogP contribution in [0.1, 0.15) is 57.4 Å². The van der Waals surface area contributed by atoms with Gasteiger partial charge in [0.15, 0.2) is 11.6 Å². The summed E-state index contributed by atoms with van der Waals surface area (Å²) < 4.78 is 10.9. The van der Waals surface area contributed by atoms with Crippen LogP contribution in [0.4, 0.5) is 0 Å². The topological polar surface area (TPSA) is 69.7 Å². The maximum atomic E-state index is 12.3. The van der Waals surface area contributed by atoms with Crippen LogP contribution in [0.15, 0.2) is 84.9 Å². The number of rotatable bonds is 9. The first-order valence-electron chi connectivity index (χ1n) is 11.1. The molecule has 5 heteroatoms. The van der Waals surface area contributed by atoms with E-state index in [4.69, 9.17) is 9.47 Å². The van der Waals surface area contributed by atoms with Gasteiger partial charge >= 0.3 is 5.97 Å². The zero-order chi connectivity index (χ0) is 24.6. The molecule has 3 rings (SSSR count). The van der Waals surface area contributed by atoms with Crippen LogP contribution >= 0.6 is 0 Å². The zero-order valence-electron chi connectivity index (χ0n) is 19.6. The Morgan fingerprint density at radius 2 is 1.35 bits per heavy atom. The lowest BCUT2D eigenvalue weighted by Crippen LogP contribution is -2.20. The van der Waals surface area contributed by atoms with Gasteiger partial charge in [0, 0.05) is 16.5 Å². The molecule has 3 aromatic carbocycles. The van der Waals surface area contributed by atoms with E-state index in [0.717, 1.165) is 5.56 Å². The molecule has 3 aromatic rings. The largest absolute Gasteiger partial charge is 0.490 e. The highest BCUT2D eigenvalue weighted by Gasteiger charge is 2.22. The van der Waals surface area contributed by atoms with Gasteiger partial charge in [0.2, 0.25) is 0 Å². The number of hydrogen-bond acceptors (Lipinski definition) is 5. The summed E-state index contributed by atoms with van der Waals surface area (Å²) in [5, 5.41) is 0. The SMILES string of the molecule is CC(C)(C)C(=O)c1ccc(OCCOC(=O)c2ccc(/C=C/C(=O)c3ccccc3)cc2)cc1. The second-order valence-corrected chi connectivity index (χ2v) is 8.77. The molecule has 0 amide bonds. The number of hydrogen-bond donors (Lipinski definition) is 0. The van der Waals surface area contributed by atoms with Crippen molar-refractivity contribution in [3.63, 3.8) is 0 Å². The normalized spacial score (nSPS) is 11.3. The lowest BCUT2D eigenvalue weighted by molar-refractivity contribution is 0.0450. The molecule has 0 fully saturated rings. The van der Waals surface area contributed by atoms with Gasteiger partial charge < -0.3 is 9.47 Å². The van der Waals surface area contributed by atoms with Crippen molar-refractivity contribution in [3.05, 3.63) is 107 Å². The Morgan fingerprint density at radius 3 is 1.97 bits per heavy atom. The van der Waals surface area contributed by atoms with Gasteiger partial charge in [-0.3, -0.25) is 9.59 Å². The number of benzene rings is 3. The fourth-order valence-electron chi connectivity index (χ4n) is 3.11. The second-order valence-electron chi connectivity index (χ2n) is 8.77. The second kappa shape index (κ2) is 11.2. The van der Waals surface area contributed by atoms with E-state index in [2.05, 4.69) is 0 Å². The molecule has 0 unspecified atom stereocenters. The lowest BCUT2D eigenvalue weighted by Gasteiger charge is -2.16. The van der Waals surface area contributed by atoms with Crippen molar-refractivity contribution in [1.29, 1.82) is 0 Å². The van der Waals surface area contributed by atoms with Gasteiger partial charge in [-0.1, -0.05) is 69.3 Å². The Hall–Kier alpha value is -3.99. The number of esters is 1. The van der Waals surface area contributed by atoms with Gasteiger partial charge in [0.1, 0.15) is 19.0 Å². The van der Waals surface area contributed by atoms with Crippen molar-refractivity contribution in [2.24, 2.45) is 5.41 Å². The number of allylic oxidation sites excluding steroid dienone is 1. The van der Waals surface area contributed by atoms with Crippen LogP contribution in [0.2, 0.25) is 0 Å². The Morgan fingerprint density at radius 1 is 0.735 bits per heavy atom. The van der Waals surface area contributed by atoms with E-state index in [1.165, 1.54) is 6.08 Å². The fourth-order valence-corrected chi connectivity index (χ4v) is 3.11. The van der Waals surface area contributed by atoms with E-state index in [1.54, 1.807) is 66.7 Å². The minimum atomic E-state index is -0.453. The smallest absolute Gasteiger partial charge is 0.338 e. The van der Waals surface area contributed by atoms with Gasteiger partial charge in [-0.15, -0.1) is 0 Å². The molecule has 174 valence electrons. The van der Waals surface area contributed by atoms with E-state index in [9.17, 15) is 14.4 Å². The quantitative estimate of drug-likeness (QED) is 0.170. The molecule has 0 heterocycles. The summed E-state index contributed by atoms with van der Waals surface area (Å²) in [4.78, 5) is 36.7. The first-order valence-corrected chi connectivity index (χ1v) is 11.1. The molecule has 0 aliphatic rings. The zero-order valence-corrected chi connectivity index (χ0v) is 19.6. The molecule has 0 spiro atoms. The predicted octanol–water partition coefficient (Wildman–Crippen LogP) is 6.05. The van der Waals surface area contributed by atoms with E-state index >= 15 is 0 Å². The first kappa shape index (κ1) is 24.6. The van der Waals surface area contributed by atoms with Crippen molar-refractivity contribution in [1.82, 2.24) is 0 Å². The Kier molecular flexibility index (Phi) is 8.14. The van der Waals surface area contributed by atoms with Crippen molar-refractivity contribution in [2.75, 3.05) is 13.2 Å². The lowest BCUT2D eigenvalue weighted by atomic mass is 9.86. The monoisotopic (exact) mass is 456 g/mol. The molecule has 0 saturated carbocycles. The van der Waals surface area contributed by atoms with Crippen molar-refractivity contribution in [3.8, 4) is 5.75 Å². The number of ether oxygens (including phenoxy) is 2. The Labute approximate surface area is 200 Å². The summed E-state index contributed by atoms with van der Waals surface area (Å²) in [5.41, 5.74) is 2.03. The number of Topliss-reactive ketones (excluding diaryl/α,β-unsaturated/α-hetero) is 1. The van der Waals surface area contributed by atoms with Crippen LogP contribution < -0.4 is 4.74 Å². The molecule has 0 aromatic heterocycles. The Bertz CT molecular complexity index is 1150. The molecule has 0 N–H and O–H groups in total. The van der Waals surface area contributed by atoms with Gasteiger partial charge in [0.05, 0.1) is 5.56 Å². The van der Waals surface area contributed by atoms with Gasteiger partial charge in [-0.25, -0.2) is 4.79 Å². The summed E-state index contributed by atoms with van der Waals surface area (Å²) in [6, 6.07) is 22.8. The van der Waals surface area contributed by atoms with Crippen LogP contribution in [-0.2, 0) is 4.74 Å². The van der Waals surface area contributed by atoms with Crippen LogP contribution in [0.3, 0.4) is 0 Å². The minimum absolute atomic E-state index is 0.0669. The van der Waals surface area contributed by atoms with Crippen LogP contribution in [0, 0.1) is 5.41 Å². The number of carbonyl (C=O) groups excluding carboxylic acids is 3. The molecule has 5 nitrogen and oxygen atoms in total. The highest BCUT2D eigenvalue weighted by molar-refractivity contribution is 6.06. The highest BCUT2D eigenvalue weighted by Crippen LogP contribution is 2.22. The van der Waals surface area contributed by atoms with E-state index < -0.39 is 11.4 Å². The van der Waals surface area contributed by atoms with E-state index in [-0.39, 0.29) is 24.8 Å². The highest BCUT2D eigenvalue weighted by atomic mass is 16.6. The molecule has 0 radical (unpaired) electrons. The summed E-state index contributed by atoms with van der Waals surface area (Å²) in [7, 11) is 0. The van der Waals surface area contributed by atoms with E-state index in [1.807, 2.05) is 39.0 Å². The molecular weight excluding hydrogens is 428 g/mol. The standard InChI is InChI=1S/C29H28O5/c1-29(2,3)27(31)23-14-16-25(17-15-23)33-19-20-34-28(32)24-12-9-21(10-13-24)11-18-26(30)22-7-5-4-6-8-22/h4-18H,19-20H2,1-3H3/b18-11+. The molecule has 0 atom stereocenters. The average molecular weight is 457 g/mol. The molecule has 0 aliphatic heterocycles. The Balaban J connectivity index is 1.44. The van der Waals surface area contributed by atoms with E-state index in [0.29, 0.717) is 22.4 Å². The third-order valence-electron chi connectivity index (χ3n) is 5.01. The van der Waals surface area contributed by atoms with Crippen LogP contribution in [0.5, 0.6) is 5.75 Å². The van der Waals surface area contributed by atoms with Crippen molar-refractivity contribution >= 4 is 23.6 Å². The van der Waals surface area contributed by atoms with Crippen LogP contribution in [-0.4, -0.2) is 30.7 Å². The third kappa shape index (κ3) is 7.01. The van der Waals surface area contributed by atoms with Gasteiger partial charge in [-0.2, -0.15) is 0 Å². The van der Waals surface area contributed by atoms with Crippen molar-refractivity contribution < 1.29 is 23.9 Å². The van der Waals surface area contributed by atoms with Crippen molar-refractivity contribution in [2.45, 2.75) is 20.8 Å². The minimum Gasteiger partial charge on any atom is -0.490 e. The third-order valence-corrected chi connectivity index (χ3v) is 5.01. The molecule has 34 heavy (non-hydrogen) atoms. The predicted molar refractivity (Wildman–Crippen MR) is 132 cm³/mol. The van der Waals surface area contributed by atoms with Gasteiger partial charge in [0.25, 0.3) is 0 Å². The summed E-state index contributed by atoms with van der Waals surface area (Å²) in [6.07, 6.45) is 3.21. The maximum Gasteiger partial charge on any atom is 0.338 e. The molecule has 0 aliphatic carbocycles. The number of carbonyl (C=O) groups is 3. The summed E-state index contributed by atoms with van der Waals surface area (Å²) >= 11 is 0.